The Balaban J connectivity index is 2.04. The molecule has 0 aromatic heterocycles. The van der Waals surface area contributed by atoms with Crippen molar-refractivity contribution in [1.82, 2.24) is 0 Å². The monoisotopic (exact) mass is 346 g/mol. The predicted octanol–water partition coefficient (Wildman–Crippen LogP) is 2.91. The number of benzene rings is 2. The molecule has 0 fully saturated rings. The van der Waals surface area contributed by atoms with Crippen LogP contribution in [0.2, 0.25) is 0 Å². The van der Waals surface area contributed by atoms with Gasteiger partial charge in [0.05, 0.1) is 14.2 Å². The molecule has 0 bridgehead atoms. The van der Waals surface area contributed by atoms with Crippen LogP contribution in [0.3, 0.4) is 0 Å². The third-order valence-corrected chi connectivity index (χ3v) is 2.99. The van der Waals surface area contributed by atoms with Gasteiger partial charge in [-0.15, -0.1) is 0 Å². The van der Waals surface area contributed by atoms with Gasteiger partial charge in [-0.1, -0.05) is 18.2 Å². The number of rotatable bonds is 6. The molecule has 0 N–H and O–H groups in total. The SMILES string of the molecule is COc1cccc(OC)c1OC(=O)/C=C/C(=O)Oc1ccccc1F. The maximum Gasteiger partial charge on any atom is 0.336 e. The van der Waals surface area contributed by atoms with Crippen molar-refractivity contribution in [2.75, 3.05) is 14.2 Å². The average Bonchev–Trinajstić information content (AvgIpc) is 2.62. The van der Waals surface area contributed by atoms with E-state index in [2.05, 4.69) is 0 Å². The van der Waals surface area contributed by atoms with Gasteiger partial charge in [-0.05, 0) is 24.3 Å². The Morgan fingerprint density at radius 2 is 1.32 bits per heavy atom. The largest absolute Gasteiger partial charge is 0.493 e. The van der Waals surface area contributed by atoms with Gasteiger partial charge in [-0.25, -0.2) is 14.0 Å². The summed E-state index contributed by atoms with van der Waals surface area (Å²) >= 11 is 0. The van der Waals surface area contributed by atoms with Gasteiger partial charge >= 0.3 is 11.9 Å². The Kier molecular flexibility index (Phi) is 6.11. The normalized spacial score (nSPS) is 10.4. The van der Waals surface area contributed by atoms with Crippen LogP contribution < -0.4 is 18.9 Å². The fraction of sp³-hybridized carbons (Fsp3) is 0.111. The lowest BCUT2D eigenvalue weighted by atomic mass is 10.3. The molecule has 6 nitrogen and oxygen atoms in total. The van der Waals surface area contributed by atoms with Crippen LogP contribution in [0.15, 0.2) is 54.6 Å². The minimum absolute atomic E-state index is 0.0737. The van der Waals surface area contributed by atoms with Crippen LogP contribution >= 0.6 is 0 Å². The molecular formula is C18H15FO6. The summed E-state index contributed by atoms with van der Waals surface area (Å²) in [5, 5.41) is 0. The summed E-state index contributed by atoms with van der Waals surface area (Å²) in [6.07, 6.45) is 1.69. The van der Waals surface area contributed by atoms with Gasteiger partial charge in [0.25, 0.3) is 0 Å². The van der Waals surface area contributed by atoms with Gasteiger partial charge in [-0.3, -0.25) is 0 Å². The van der Waals surface area contributed by atoms with Gasteiger partial charge in [0.15, 0.2) is 23.1 Å². The zero-order chi connectivity index (χ0) is 18.2. The third-order valence-electron chi connectivity index (χ3n) is 2.99. The molecule has 0 heterocycles. The topological polar surface area (TPSA) is 71.1 Å². The standard InChI is InChI=1S/C18H15FO6/c1-22-14-8-5-9-15(23-2)18(14)25-17(21)11-10-16(20)24-13-7-4-3-6-12(13)19/h3-11H,1-2H3/b11-10+. The first-order valence-corrected chi connectivity index (χ1v) is 7.12. The zero-order valence-electron chi connectivity index (χ0n) is 13.5. The van der Waals surface area contributed by atoms with E-state index in [1.165, 1.54) is 32.4 Å². The minimum Gasteiger partial charge on any atom is -0.493 e. The average molecular weight is 346 g/mol. The molecule has 0 unspecified atom stereocenters. The number of para-hydroxylation sites is 2. The summed E-state index contributed by atoms with van der Waals surface area (Å²) in [6, 6.07) is 10.2. The highest BCUT2D eigenvalue weighted by atomic mass is 19.1. The van der Waals surface area contributed by atoms with E-state index in [1.54, 1.807) is 18.2 Å². The molecule has 0 spiro atoms. The maximum atomic E-state index is 13.4. The zero-order valence-corrected chi connectivity index (χ0v) is 13.5. The second-order valence-electron chi connectivity index (χ2n) is 4.60. The fourth-order valence-corrected chi connectivity index (χ4v) is 1.86. The molecule has 0 saturated heterocycles. The molecule has 2 aromatic rings. The smallest absolute Gasteiger partial charge is 0.336 e. The predicted molar refractivity (Wildman–Crippen MR) is 86.4 cm³/mol. The van der Waals surface area contributed by atoms with E-state index in [1.807, 2.05) is 0 Å². The number of carbonyl (C=O) groups excluding carboxylic acids is 2. The summed E-state index contributed by atoms with van der Waals surface area (Å²) in [7, 11) is 2.82. The van der Waals surface area contributed by atoms with E-state index < -0.39 is 17.8 Å². The first-order valence-electron chi connectivity index (χ1n) is 7.12. The molecule has 7 heteroatoms. The molecule has 2 rings (SSSR count). The van der Waals surface area contributed by atoms with Crippen LogP contribution in [0.4, 0.5) is 4.39 Å². The number of halogens is 1. The second kappa shape index (κ2) is 8.49. The lowest BCUT2D eigenvalue weighted by Gasteiger charge is -2.11. The van der Waals surface area contributed by atoms with Crippen LogP contribution in [0.5, 0.6) is 23.0 Å². The Bertz CT molecular complexity index is 778. The molecular weight excluding hydrogens is 331 g/mol. The van der Waals surface area contributed by atoms with E-state index in [4.69, 9.17) is 18.9 Å². The molecule has 0 atom stereocenters. The number of hydrogen-bond donors (Lipinski definition) is 0. The first-order chi connectivity index (χ1) is 12.0. The van der Waals surface area contributed by atoms with Crippen LogP contribution in [-0.4, -0.2) is 26.2 Å². The summed E-state index contributed by atoms with van der Waals surface area (Å²) in [4.78, 5) is 23.5. The fourth-order valence-electron chi connectivity index (χ4n) is 1.86. The van der Waals surface area contributed by atoms with Gasteiger partial charge in [0, 0.05) is 12.2 Å². The number of methoxy groups -OCH3 is 2. The van der Waals surface area contributed by atoms with Crippen LogP contribution in [0, 0.1) is 5.82 Å². The Morgan fingerprint density at radius 3 is 1.88 bits per heavy atom. The van der Waals surface area contributed by atoms with Crippen LogP contribution in [0.25, 0.3) is 0 Å². The van der Waals surface area contributed by atoms with E-state index in [-0.39, 0.29) is 23.0 Å². The van der Waals surface area contributed by atoms with Gasteiger partial charge in [0.2, 0.25) is 5.75 Å². The van der Waals surface area contributed by atoms with Crippen molar-refractivity contribution in [2.24, 2.45) is 0 Å². The minimum atomic E-state index is -0.922. The van der Waals surface area contributed by atoms with Crippen molar-refractivity contribution < 1.29 is 32.9 Å². The lowest BCUT2D eigenvalue weighted by Crippen LogP contribution is -2.10. The highest BCUT2D eigenvalue weighted by molar-refractivity contribution is 5.93. The van der Waals surface area contributed by atoms with Crippen molar-refractivity contribution >= 4 is 11.9 Å². The highest BCUT2D eigenvalue weighted by Gasteiger charge is 2.14. The summed E-state index contributed by atoms with van der Waals surface area (Å²) in [5.41, 5.74) is 0. The molecule has 0 aliphatic heterocycles. The van der Waals surface area contributed by atoms with Crippen molar-refractivity contribution in [1.29, 1.82) is 0 Å². The van der Waals surface area contributed by atoms with Gasteiger partial charge in [0.1, 0.15) is 0 Å². The third kappa shape index (κ3) is 4.81. The molecule has 0 amide bonds. The molecule has 25 heavy (non-hydrogen) atoms. The second-order valence-corrected chi connectivity index (χ2v) is 4.60. The molecule has 0 aliphatic rings. The van der Waals surface area contributed by atoms with Gasteiger partial charge in [-0.2, -0.15) is 0 Å². The lowest BCUT2D eigenvalue weighted by molar-refractivity contribution is -0.131. The highest BCUT2D eigenvalue weighted by Crippen LogP contribution is 2.36. The number of hydrogen-bond acceptors (Lipinski definition) is 6. The molecule has 0 aliphatic carbocycles. The summed E-state index contributed by atoms with van der Waals surface area (Å²) in [5.74, 6) is -2.06. The van der Waals surface area contributed by atoms with Gasteiger partial charge < -0.3 is 18.9 Å². The summed E-state index contributed by atoms with van der Waals surface area (Å²) < 4.78 is 33.5. The molecule has 0 radical (unpaired) electrons. The van der Waals surface area contributed by atoms with Crippen molar-refractivity contribution in [2.45, 2.75) is 0 Å². The van der Waals surface area contributed by atoms with Crippen molar-refractivity contribution in [3.8, 4) is 23.0 Å². The molecule has 130 valence electrons. The van der Waals surface area contributed by atoms with Crippen molar-refractivity contribution in [3.05, 3.63) is 60.4 Å². The number of ether oxygens (including phenoxy) is 4. The summed E-state index contributed by atoms with van der Waals surface area (Å²) in [6.45, 7) is 0. The molecule has 0 saturated carbocycles. The van der Waals surface area contributed by atoms with E-state index in [9.17, 15) is 14.0 Å². The van der Waals surface area contributed by atoms with E-state index >= 15 is 0 Å². The maximum absolute atomic E-state index is 13.4. The Morgan fingerprint density at radius 1 is 0.800 bits per heavy atom. The van der Waals surface area contributed by atoms with Crippen LogP contribution in [-0.2, 0) is 9.59 Å². The van der Waals surface area contributed by atoms with Crippen molar-refractivity contribution in [3.63, 3.8) is 0 Å². The van der Waals surface area contributed by atoms with E-state index in [0.717, 1.165) is 18.2 Å². The quantitative estimate of drug-likeness (QED) is 0.455. The Labute approximate surface area is 143 Å². The van der Waals surface area contributed by atoms with Crippen LogP contribution in [0.1, 0.15) is 0 Å². The number of carbonyl (C=O) groups is 2. The number of esters is 2. The first kappa shape index (κ1) is 18.0. The van der Waals surface area contributed by atoms with E-state index in [0.29, 0.717) is 0 Å². The molecule has 2 aromatic carbocycles. The Hall–Kier alpha value is -3.35.